The predicted octanol–water partition coefficient (Wildman–Crippen LogP) is -4.43. The molecule has 10 N–H and O–H groups in total. The second kappa shape index (κ2) is 18.5. The number of aliphatic hydroxyl groups is 6. The van der Waals surface area contributed by atoms with Gasteiger partial charge in [0.15, 0.2) is 0 Å². The lowest BCUT2D eigenvalue weighted by atomic mass is 10.0. The van der Waals surface area contributed by atoms with Crippen LogP contribution >= 0.6 is 0 Å². The average molecular weight is 538 g/mol. The van der Waals surface area contributed by atoms with Crippen LogP contribution in [-0.2, 0) is 31.0 Å². The molecule has 1 aromatic rings. The van der Waals surface area contributed by atoms with Crippen LogP contribution in [0, 0.1) is 17.8 Å². The monoisotopic (exact) mass is 537 g/mol. The van der Waals surface area contributed by atoms with Gasteiger partial charge in [-0.1, -0.05) is 5.21 Å². The van der Waals surface area contributed by atoms with Gasteiger partial charge in [-0.05, 0) is 12.8 Å². The molecule has 0 radical (unpaired) electrons. The van der Waals surface area contributed by atoms with Crippen LogP contribution in [-0.4, -0.2) is 137 Å². The fourth-order valence-electron chi connectivity index (χ4n) is 3.15. The summed E-state index contributed by atoms with van der Waals surface area (Å²) in [5, 5.41) is 64.6. The number of hydrogen-bond donors (Lipinski definition) is 8. The van der Waals surface area contributed by atoms with Crippen molar-refractivity contribution >= 4 is 5.91 Å². The van der Waals surface area contributed by atoms with E-state index in [0.29, 0.717) is 12.1 Å². The van der Waals surface area contributed by atoms with E-state index in [0.717, 1.165) is 0 Å². The number of aryl methyl sites for hydroxylation is 1. The Labute approximate surface area is 215 Å². The lowest BCUT2D eigenvalue weighted by Crippen LogP contribution is -2.49. The summed E-state index contributed by atoms with van der Waals surface area (Å²) in [7, 11) is 0. The van der Waals surface area contributed by atoms with Crippen molar-refractivity contribution in [3.63, 3.8) is 0 Å². The van der Waals surface area contributed by atoms with Gasteiger partial charge < -0.3 is 56.3 Å². The first-order valence-electron chi connectivity index (χ1n) is 12.1. The zero-order valence-electron chi connectivity index (χ0n) is 21.1. The summed E-state index contributed by atoms with van der Waals surface area (Å²) in [6.45, 7) is -1.81. The Kier molecular flexibility index (Phi) is 16.6. The molecule has 1 aromatic heterocycles. The molecule has 37 heavy (non-hydrogen) atoms. The molecule has 0 spiro atoms. The van der Waals surface area contributed by atoms with Gasteiger partial charge in [0.1, 0.15) is 5.54 Å². The summed E-state index contributed by atoms with van der Waals surface area (Å²) in [6.07, 6.45) is 2.18. The van der Waals surface area contributed by atoms with Crippen LogP contribution in [0.1, 0.15) is 12.1 Å². The third-order valence-electron chi connectivity index (χ3n) is 5.83. The van der Waals surface area contributed by atoms with E-state index in [1.807, 2.05) is 0 Å². The van der Waals surface area contributed by atoms with Crippen LogP contribution in [0.25, 0.3) is 0 Å². The highest BCUT2D eigenvalue weighted by Crippen LogP contribution is 2.21. The van der Waals surface area contributed by atoms with Crippen LogP contribution < -0.4 is 11.5 Å². The SMILES string of the molecule is NC(=O)[C@H](N)CCc1cn(C(COCC(CO)CO)(COCC(CO)CO)COCC(CO)CO)nn1. The number of aliphatic hydroxyl groups excluding tert-OH is 6. The molecule has 15 heteroatoms. The molecule has 0 aliphatic carbocycles. The Hall–Kier alpha value is -1.79. The second-order valence-corrected chi connectivity index (χ2v) is 9.17. The molecular weight excluding hydrogens is 494 g/mol. The van der Waals surface area contributed by atoms with Crippen molar-refractivity contribution in [2.24, 2.45) is 29.2 Å². The van der Waals surface area contributed by atoms with E-state index in [4.69, 9.17) is 25.7 Å². The molecule has 0 saturated heterocycles. The highest BCUT2D eigenvalue weighted by Gasteiger charge is 2.36. The Balaban J connectivity index is 3.18. The molecule has 0 bridgehead atoms. The summed E-state index contributed by atoms with van der Waals surface area (Å²) in [6, 6.07) is -0.846. The van der Waals surface area contributed by atoms with Crippen molar-refractivity contribution in [2.45, 2.75) is 24.4 Å². The van der Waals surface area contributed by atoms with Crippen molar-refractivity contribution in [1.29, 1.82) is 0 Å². The van der Waals surface area contributed by atoms with Gasteiger partial charge in [0.25, 0.3) is 0 Å². The third-order valence-corrected chi connectivity index (χ3v) is 5.83. The van der Waals surface area contributed by atoms with E-state index >= 15 is 0 Å². The van der Waals surface area contributed by atoms with Gasteiger partial charge in [0, 0.05) is 24.0 Å². The molecule has 0 saturated carbocycles. The Bertz CT molecular complexity index is 683. The van der Waals surface area contributed by atoms with Gasteiger partial charge >= 0.3 is 0 Å². The molecule has 0 aromatic carbocycles. The topological polar surface area (TPSA) is 249 Å². The summed E-state index contributed by atoms with van der Waals surface area (Å²) in [5.41, 5.74) is 10.3. The molecule has 1 rings (SSSR count). The van der Waals surface area contributed by atoms with Crippen LogP contribution in [0.15, 0.2) is 6.20 Å². The standard InChI is InChI=1S/C22H43N5O10/c23-20(21(24)34)2-1-19-3-27(26-25-19)22(13-35-10-16(4-28)5-29,14-36-11-17(6-30)7-31)15-37-12-18(8-32)9-33/h3,16-18,20,28-33H,1-2,4-15,23H2,(H2,24,34)/t20-/m1/s1. The molecule has 1 atom stereocenters. The highest BCUT2D eigenvalue weighted by atomic mass is 16.5. The number of aromatic nitrogens is 3. The third kappa shape index (κ3) is 11.6. The number of ether oxygens (including phenoxy) is 3. The fourth-order valence-corrected chi connectivity index (χ4v) is 3.15. The van der Waals surface area contributed by atoms with Gasteiger partial charge in [0.05, 0.1) is 91.0 Å². The molecule has 1 amide bonds. The van der Waals surface area contributed by atoms with Crippen molar-refractivity contribution in [3.05, 3.63) is 11.9 Å². The number of rotatable bonds is 23. The number of nitrogens with two attached hydrogens (primary N) is 2. The van der Waals surface area contributed by atoms with Gasteiger partial charge in [-0.25, -0.2) is 4.68 Å². The van der Waals surface area contributed by atoms with Crippen molar-refractivity contribution in [1.82, 2.24) is 15.0 Å². The molecule has 15 nitrogen and oxygen atoms in total. The van der Waals surface area contributed by atoms with E-state index in [-0.39, 0.29) is 85.7 Å². The summed E-state index contributed by atoms with van der Waals surface area (Å²) in [4.78, 5) is 11.3. The maximum Gasteiger partial charge on any atom is 0.234 e. The van der Waals surface area contributed by atoms with E-state index in [9.17, 15) is 35.4 Å². The number of amides is 1. The Morgan fingerprint density at radius 1 is 0.838 bits per heavy atom. The molecule has 0 aliphatic heterocycles. The maximum atomic E-state index is 11.3. The average Bonchev–Trinajstić information content (AvgIpc) is 3.39. The normalized spacial score (nSPS) is 13.2. The Morgan fingerprint density at radius 2 is 1.24 bits per heavy atom. The molecular formula is C22H43N5O10. The predicted molar refractivity (Wildman–Crippen MR) is 129 cm³/mol. The van der Waals surface area contributed by atoms with E-state index in [1.165, 1.54) is 4.68 Å². The lowest BCUT2D eigenvalue weighted by molar-refractivity contribution is -0.119. The van der Waals surface area contributed by atoms with Crippen LogP contribution in [0.5, 0.6) is 0 Å². The summed E-state index contributed by atoms with van der Waals surface area (Å²) < 4.78 is 18.9. The number of primary amides is 1. The van der Waals surface area contributed by atoms with Gasteiger partial charge in [0.2, 0.25) is 5.91 Å². The van der Waals surface area contributed by atoms with Crippen LogP contribution in [0.3, 0.4) is 0 Å². The van der Waals surface area contributed by atoms with Gasteiger partial charge in [-0.15, -0.1) is 5.10 Å². The van der Waals surface area contributed by atoms with E-state index < -0.39 is 35.2 Å². The lowest BCUT2D eigenvalue weighted by Gasteiger charge is -2.34. The minimum Gasteiger partial charge on any atom is -0.396 e. The minimum atomic E-state index is -1.14. The minimum absolute atomic E-state index is 0.0234. The number of hydrogen-bond acceptors (Lipinski definition) is 13. The Morgan fingerprint density at radius 3 is 1.59 bits per heavy atom. The van der Waals surface area contributed by atoms with E-state index in [2.05, 4.69) is 10.3 Å². The molecule has 0 fully saturated rings. The van der Waals surface area contributed by atoms with Crippen molar-refractivity contribution < 1.29 is 49.6 Å². The number of carbonyl (C=O) groups is 1. The number of carbonyl (C=O) groups excluding carboxylic acids is 1. The molecule has 0 aliphatic rings. The van der Waals surface area contributed by atoms with Crippen LogP contribution in [0.2, 0.25) is 0 Å². The van der Waals surface area contributed by atoms with Crippen molar-refractivity contribution in [3.8, 4) is 0 Å². The molecule has 0 unspecified atom stereocenters. The van der Waals surface area contributed by atoms with Crippen molar-refractivity contribution in [2.75, 3.05) is 79.3 Å². The summed E-state index contributed by atoms with van der Waals surface area (Å²) >= 11 is 0. The second-order valence-electron chi connectivity index (χ2n) is 9.17. The fraction of sp³-hybridized carbons (Fsp3) is 0.864. The zero-order chi connectivity index (χ0) is 27.7. The zero-order valence-corrected chi connectivity index (χ0v) is 21.1. The quantitative estimate of drug-likeness (QED) is 0.0657. The smallest absolute Gasteiger partial charge is 0.234 e. The summed E-state index contributed by atoms with van der Waals surface area (Å²) in [5.74, 6) is -2.17. The highest BCUT2D eigenvalue weighted by molar-refractivity contribution is 5.79. The van der Waals surface area contributed by atoms with Gasteiger partial charge in [-0.3, -0.25) is 4.79 Å². The van der Waals surface area contributed by atoms with E-state index in [1.54, 1.807) is 6.20 Å². The first kappa shape index (κ1) is 33.2. The maximum absolute atomic E-state index is 11.3. The van der Waals surface area contributed by atoms with Crippen LogP contribution in [0.4, 0.5) is 0 Å². The van der Waals surface area contributed by atoms with Gasteiger partial charge in [-0.2, -0.15) is 0 Å². The molecule has 216 valence electrons. The largest absolute Gasteiger partial charge is 0.396 e. The first-order chi connectivity index (χ1) is 17.8. The molecule has 1 heterocycles. The number of nitrogens with zero attached hydrogens (tertiary/aromatic N) is 3. The first-order valence-corrected chi connectivity index (χ1v) is 12.1.